The van der Waals surface area contributed by atoms with Crippen molar-refractivity contribution in [3.63, 3.8) is 0 Å². The van der Waals surface area contributed by atoms with E-state index in [1.807, 2.05) is 11.9 Å². The number of benzene rings is 1. The molecule has 1 aromatic carbocycles. The predicted molar refractivity (Wildman–Crippen MR) is 58.4 cm³/mol. The first-order valence-electron chi connectivity index (χ1n) is 4.61. The molecular formula is C11H13ClFNO. The second-order valence-electron chi connectivity index (χ2n) is 3.62. The number of carbonyl (C=O) groups excluding carboxylic acids is 1. The average Bonchev–Trinajstić information content (AvgIpc) is 2.10. The minimum atomic E-state index is -0.422. The van der Waals surface area contributed by atoms with Crippen molar-refractivity contribution in [3.05, 3.63) is 34.6 Å². The average molecular weight is 230 g/mol. The lowest BCUT2D eigenvalue weighted by atomic mass is 10.2. The van der Waals surface area contributed by atoms with Gasteiger partial charge in [-0.3, -0.25) is 9.69 Å². The molecule has 82 valence electrons. The Balaban J connectivity index is 2.64. The van der Waals surface area contributed by atoms with Crippen LogP contribution in [0.1, 0.15) is 12.5 Å². The summed E-state index contributed by atoms with van der Waals surface area (Å²) in [4.78, 5) is 12.7. The van der Waals surface area contributed by atoms with Crippen LogP contribution in [0.5, 0.6) is 0 Å². The second kappa shape index (κ2) is 5.24. The SMILES string of the molecule is CC(=O)CN(C)Cc1ccc(F)c(Cl)c1. The molecule has 0 atom stereocenters. The number of likely N-dealkylation sites (N-methyl/N-ethyl adjacent to an activating group) is 1. The first kappa shape index (κ1) is 12.1. The molecule has 2 nitrogen and oxygen atoms in total. The van der Waals surface area contributed by atoms with Gasteiger partial charge in [-0.2, -0.15) is 0 Å². The number of rotatable bonds is 4. The van der Waals surface area contributed by atoms with Crippen molar-refractivity contribution in [3.8, 4) is 0 Å². The predicted octanol–water partition coefficient (Wildman–Crippen LogP) is 2.50. The standard InChI is InChI=1S/C11H13ClFNO/c1-8(15)6-14(2)7-9-3-4-11(13)10(12)5-9/h3-5H,6-7H2,1-2H3. The Hall–Kier alpha value is -0.930. The van der Waals surface area contributed by atoms with E-state index in [2.05, 4.69) is 0 Å². The highest BCUT2D eigenvalue weighted by Crippen LogP contribution is 2.16. The van der Waals surface area contributed by atoms with Crippen LogP contribution in [0.25, 0.3) is 0 Å². The quantitative estimate of drug-likeness (QED) is 0.791. The molecule has 1 rings (SSSR count). The number of ketones is 1. The maximum Gasteiger partial charge on any atom is 0.143 e. The summed E-state index contributed by atoms with van der Waals surface area (Å²) in [6.07, 6.45) is 0. The zero-order chi connectivity index (χ0) is 11.4. The third-order valence-electron chi connectivity index (χ3n) is 1.93. The van der Waals surface area contributed by atoms with Gasteiger partial charge in [0.1, 0.15) is 11.6 Å². The number of hydrogen-bond donors (Lipinski definition) is 0. The maximum atomic E-state index is 12.8. The summed E-state index contributed by atoms with van der Waals surface area (Å²) >= 11 is 5.64. The molecule has 1 aromatic rings. The third-order valence-corrected chi connectivity index (χ3v) is 2.22. The summed E-state index contributed by atoms with van der Waals surface area (Å²) in [6.45, 7) is 2.50. The topological polar surface area (TPSA) is 20.3 Å². The van der Waals surface area contributed by atoms with Crippen molar-refractivity contribution in [2.24, 2.45) is 0 Å². The smallest absolute Gasteiger partial charge is 0.143 e. The lowest BCUT2D eigenvalue weighted by Gasteiger charge is -2.14. The summed E-state index contributed by atoms with van der Waals surface area (Å²) in [6, 6.07) is 4.57. The van der Waals surface area contributed by atoms with Gasteiger partial charge in [-0.05, 0) is 31.7 Å². The van der Waals surface area contributed by atoms with Gasteiger partial charge in [-0.1, -0.05) is 17.7 Å². The molecule has 0 bridgehead atoms. The van der Waals surface area contributed by atoms with Gasteiger partial charge in [0.05, 0.1) is 11.6 Å². The second-order valence-corrected chi connectivity index (χ2v) is 4.03. The number of carbonyl (C=O) groups is 1. The zero-order valence-corrected chi connectivity index (χ0v) is 9.51. The van der Waals surface area contributed by atoms with Gasteiger partial charge in [-0.25, -0.2) is 4.39 Å². The highest BCUT2D eigenvalue weighted by atomic mass is 35.5. The van der Waals surface area contributed by atoms with E-state index in [9.17, 15) is 9.18 Å². The summed E-state index contributed by atoms with van der Waals surface area (Å²) in [5.41, 5.74) is 0.894. The van der Waals surface area contributed by atoms with Gasteiger partial charge >= 0.3 is 0 Å². The van der Waals surface area contributed by atoms with Crippen LogP contribution in [0.15, 0.2) is 18.2 Å². The summed E-state index contributed by atoms with van der Waals surface area (Å²) < 4.78 is 12.8. The molecule has 0 saturated carbocycles. The molecule has 0 radical (unpaired) electrons. The Morgan fingerprint density at radius 1 is 1.53 bits per heavy atom. The van der Waals surface area contributed by atoms with Crippen LogP contribution in [-0.2, 0) is 11.3 Å². The molecule has 0 N–H and O–H groups in total. The van der Waals surface area contributed by atoms with Crippen molar-refractivity contribution in [1.82, 2.24) is 4.90 Å². The van der Waals surface area contributed by atoms with Crippen LogP contribution in [0.2, 0.25) is 5.02 Å². The molecule has 4 heteroatoms. The van der Waals surface area contributed by atoms with Crippen LogP contribution < -0.4 is 0 Å². The fourth-order valence-electron chi connectivity index (χ4n) is 1.39. The lowest BCUT2D eigenvalue weighted by molar-refractivity contribution is -0.117. The van der Waals surface area contributed by atoms with E-state index in [0.717, 1.165) is 5.56 Å². The van der Waals surface area contributed by atoms with Crippen LogP contribution >= 0.6 is 11.6 Å². The summed E-state index contributed by atoms with van der Waals surface area (Å²) in [5, 5.41) is 0.115. The third kappa shape index (κ3) is 3.98. The first-order chi connectivity index (χ1) is 6.99. The zero-order valence-electron chi connectivity index (χ0n) is 8.76. The normalized spacial score (nSPS) is 10.7. The van der Waals surface area contributed by atoms with E-state index in [0.29, 0.717) is 13.1 Å². The molecule has 15 heavy (non-hydrogen) atoms. The van der Waals surface area contributed by atoms with Crippen LogP contribution in [0, 0.1) is 5.82 Å². The molecule has 0 aromatic heterocycles. The minimum Gasteiger partial charge on any atom is -0.299 e. The number of Topliss-reactive ketones (excluding diaryl/α,β-unsaturated/α-hetero) is 1. The van der Waals surface area contributed by atoms with Crippen LogP contribution in [0.3, 0.4) is 0 Å². The van der Waals surface area contributed by atoms with E-state index in [1.165, 1.54) is 13.0 Å². The molecule has 0 unspecified atom stereocenters. The van der Waals surface area contributed by atoms with E-state index < -0.39 is 5.82 Å². The monoisotopic (exact) mass is 229 g/mol. The van der Waals surface area contributed by atoms with Crippen molar-refractivity contribution < 1.29 is 9.18 Å². The van der Waals surface area contributed by atoms with Crippen molar-refractivity contribution in [2.75, 3.05) is 13.6 Å². The summed E-state index contributed by atoms with van der Waals surface area (Å²) in [7, 11) is 1.83. The van der Waals surface area contributed by atoms with Gasteiger partial charge in [0, 0.05) is 6.54 Å². The lowest BCUT2D eigenvalue weighted by Crippen LogP contribution is -2.23. The fraction of sp³-hybridized carbons (Fsp3) is 0.364. The summed E-state index contributed by atoms with van der Waals surface area (Å²) in [5.74, 6) is -0.319. The van der Waals surface area contributed by atoms with E-state index in [1.54, 1.807) is 12.1 Å². The Morgan fingerprint density at radius 2 is 2.20 bits per heavy atom. The Labute approximate surface area is 93.6 Å². The van der Waals surface area contributed by atoms with Crippen molar-refractivity contribution in [1.29, 1.82) is 0 Å². The van der Waals surface area contributed by atoms with Gasteiger partial charge in [0.2, 0.25) is 0 Å². The molecule has 0 amide bonds. The number of halogens is 2. The highest BCUT2D eigenvalue weighted by Gasteiger charge is 2.05. The first-order valence-corrected chi connectivity index (χ1v) is 4.98. The Kier molecular flexibility index (Phi) is 4.24. The van der Waals surface area contributed by atoms with Crippen molar-refractivity contribution >= 4 is 17.4 Å². The Morgan fingerprint density at radius 3 is 2.73 bits per heavy atom. The number of hydrogen-bond acceptors (Lipinski definition) is 2. The van der Waals surface area contributed by atoms with E-state index in [4.69, 9.17) is 11.6 Å². The van der Waals surface area contributed by atoms with Crippen LogP contribution in [0.4, 0.5) is 4.39 Å². The van der Waals surface area contributed by atoms with Gasteiger partial charge in [0.15, 0.2) is 0 Å². The van der Waals surface area contributed by atoms with E-state index >= 15 is 0 Å². The van der Waals surface area contributed by atoms with Gasteiger partial charge < -0.3 is 0 Å². The maximum absolute atomic E-state index is 12.8. The molecule has 0 aliphatic carbocycles. The Bertz CT molecular complexity index is 368. The molecule has 0 aliphatic rings. The highest BCUT2D eigenvalue weighted by molar-refractivity contribution is 6.30. The molecule has 0 spiro atoms. The number of nitrogens with zero attached hydrogens (tertiary/aromatic N) is 1. The molecule has 0 aliphatic heterocycles. The van der Waals surface area contributed by atoms with Crippen molar-refractivity contribution in [2.45, 2.75) is 13.5 Å². The fourth-order valence-corrected chi connectivity index (χ4v) is 1.59. The minimum absolute atomic E-state index is 0.103. The largest absolute Gasteiger partial charge is 0.299 e. The van der Waals surface area contributed by atoms with Crippen LogP contribution in [-0.4, -0.2) is 24.3 Å². The molecule has 0 fully saturated rings. The van der Waals surface area contributed by atoms with E-state index in [-0.39, 0.29) is 10.8 Å². The van der Waals surface area contributed by atoms with Gasteiger partial charge in [0.25, 0.3) is 0 Å². The van der Waals surface area contributed by atoms with Gasteiger partial charge in [-0.15, -0.1) is 0 Å². The molecule has 0 heterocycles. The molecule has 0 saturated heterocycles. The molecular weight excluding hydrogens is 217 g/mol.